The fourth-order valence-electron chi connectivity index (χ4n) is 10.7. The molecule has 0 spiro atoms. The average Bonchev–Trinajstić information content (AvgIpc) is 3.53. The molecule has 0 aromatic heterocycles. The summed E-state index contributed by atoms with van der Waals surface area (Å²) in [4.78, 5) is 15.1. The van der Waals surface area contributed by atoms with Crippen LogP contribution in [0.25, 0.3) is 44.5 Å². The van der Waals surface area contributed by atoms with Gasteiger partial charge in [0.15, 0.2) is 11.7 Å². The van der Waals surface area contributed by atoms with Crippen molar-refractivity contribution in [3.05, 3.63) is 203 Å². The highest BCUT2D eigenvalue weighted by Gasteiger charge is 2.45. The summed E-state index contributed by atoms with van der Waals surface area (Å²) in [7, 11) is 0. The van der Waals surface area contributed by atoms with Crippen LogP contribution in [0.5, 0.6) is 0 Å². The third kappa shape index (κ3) is 7.78. The standard InChI is InChI=1S/C59H52N4/c1-58(2)54-31-41(38-60)20-28-52(54)53-29-25-47(35-55(53)58)45-21-18-40(19-22-45)39-62-57(50-33-48(43-14-8-4-9-15-43)32-49(34-50)44-16-10-5-11-17-44)63-56(61-3)46-23-26-51(27-24-46)59-30-12-6-7-13-42(36-59)37-59/h4-5,8-11,14-29,31-35,42H,3,6-7,12-13,30,36-37,39H2,1-2H3. The van der Waals surface area contributed by atoms with E-state index in [0.717, 1.165) is 50.4 Å². The van der Waals surface area contributed by atoms with E-state index in [1.807, 2.05) is 12.1 Å². The van der Waals surface area contributed by atoms with Gasteiger partial charge in [-0.1, -0.05) is 167 Å². The van der Waals surface area contributed by atoms with Gasteiger partial charge in [-0.3, -0.25) is 4.99 Å². The van der Waals surface area contributed by atoms with Crippen LogP contribution < -0.4 is 0 Å². The van der Waals surface area contributed by atoms with Crippen molar-refractivity contribution in [2.75, 3.05) is 0 Å². The second-order valence-electron chi connectivity index (χ2n) is 18.5. The monoisotopic (exact) mass is 816 g/mol. The lowest BCUT2D eigenvalue weighted by Gasteiger charge is -2.50. The number of nitriles is 1. The minimum absolute atomic E-state index is 0.202. The van der Waals surface area contributed by atoms with Gasteiger partial charge >= 0.3 is 0 Å². The van der Waals surface area contributed by atoms with Crippen molar-refractivity contribution in [1.82, 2.24) is 0 Å². The summed E-state index contributed by atoms with van der Waals surface area (Å²) in [5.41, 5.74) is 16.9. The zero-order valence-corrected chi connectivity index (χ0v) is 36.3. The maximum Gasteiger partial charge on any atom is 0.161 e. The molecule has 4 aliphatic carbocycles. The lowest BCUT2D eigenvalue weighted by Crippen LogP contribution is -2.42. The van der Waals surface area contributed by atoms with Gasteiger partial charge in [0.05, 0.1) is 18.2 Å². The summed E-state index contributed by atoms with van der Waals surface area (Å²) < 4.78 is 0. The van der Waals surface area contributed by atoms with Crippen LogP contribution in [0, 0.1) is 17.2 Å². The number of fused-ring (bicyclic) bond motifs is 7. The molecule has 63 heavy (non-hydrogen) atoms. The first kappa shape index (κ1) is 40.1. The lowest BCUT2D eigenvalue weighted by molar-refractivity contribution is 0.101. The highest BCUT2D eigenvalue weighted by Crippen LogP contribution is 2.54. The highest BCUT2D eigenvalue weighted by atomic mass is 15.0. The second-order valence-corrected chi connectivity index (χ2v) is 18.5. The Kier molecular flexibility index (Phi) is 10.7. The van der Waals surface area contributed by atoms with Crippen LogP contribution in [0.3, 0.4) is 0 Å². The van der Waals surface area contributed by atoms with E-state index in [2.05, 4.69) is 183 Å². The maximum atomic E-state index is 9.60. The van der Waals surface area contributed by atoms with Crippen LogP contribution in [0.15, 0.2) is 179 Å². The van der Waals surface area contributed by atoms with Crippen LogP contribution in [0.4, 0.5) is 0 Å². The zero-order valence-electron chi connectivity index (χ0n) is 36.3. The first-order valence-electron chi connectivity index (χ1n) is 22.6. The molecule has 3 fully saturated rings. The number of amidine groups is 2. The van der Waals surface area contributed by atoms with Crippen LogP contribution in [0.2, 0.25) is 0 Å². The van der Waals surface area contributed by atoms with Crippen LogP contribution in [-0.4, -0.2) is 18.4 Å². The third-order valence-electron chi connectivity index (χ3n) is 14.2. The predicted molar refractivity (Wildman–Crippen MR) is 262 cm³/mol. The molecule has 0 unspecified atom stereocenters. The Morgan fingerprint density at radius 2 is 1.22 bits per heavy atom. The SMILES string of the molecule is C=NC(=NC(=NCc1ccc(-c2ccc3c(c2)C(C)(C)c2cc(C#N)ccc2-3)cc1)c1cc(-c2ccccc2)cc(-c2ccccc2)c1)c1ccc(C23CCCCCC(C2)C3)cc1. The van der Waals surface area contributed by atoms with E-state index in [4.69, 9.17) is 9.98 Å². The largest absolute Gasteiger partial charge is 0.261 e. The van der Waals surface area contributed by atoms with Gasteiger partial charge in [-0.15, -0.1) is 0 Å². The molecule has 11 rings (SSSR count). The second kappa shape index (κ2) is 16.7. The number of nitrogens with zero attached hydrogens (tertiary/aromatic N) is 4. The zero-order chi connectivity index (χ0) is 43.0. The molecule has 4 nitrogen and oxygen atoms in total. The van der Waals surface area contributed by atoms with Gasteiger partial charge in [-0.25, -0.2) is 9.98 Å². The molecule has 0 saturated heterocycles. The lowest BCUT2D eigenvalue weighted by atomic mass is 9.54. The molecule has 3 saturated carbocycles. The first-order valence-corrected chi connectivity index (χ1v) is 22.6. The summed E-state index contributed by atoms with van der Waals surface area (Å²) in [6.45, 7) is 8.98. The Balaban J connectivity index is 1.00. The Morgan fingerprint density at radius 3 is 1.87 bits per heavy atom. The van der Waals surface area contributed by atoms with Crippen molar-refractivity contribution < 1.29 is 0 Å². The normalized spacial score (nSPS) is 18.8. The average molecular weight is 817 g/mol. The molecule has 0 radical (unpaired) electrons. The summed E-state index contributed by atoms with van der Waals surface area (Å²) in [5, 5.41) is 9.60. The number of benzene rings is 7. The summed E-state index contributed by atoms with van der Waals surface area (Å²) in [6, 6.07) is 60.6. The van der Waals surface area contributed by atoms with Gasteiger partial charge in [0, 0.05) is 16.5 Å². The van der Waals surface area contributed by atoms with E-state index in [-0.39, 0.29) is 5.41 Å². The van der Waals surface area contributed by atoms with Gasteiger partial charge in [0.25, 0.3) is 0 Å². The summed E-state index contributed by atoms with van der Waals surface area (Å²) >= 11 is 0. The number of hydrogen-bond acceptors (Lipinski definition) is 2. The third-order valence-corrected chi connectivity index (χ3v) is 14.2. The van der Waals surface area contributed by atoms with E-state index in [0.29, 0.717) is 29.2 Å². The van der Waals surface area contributed by atoms with Crippen LogP contribution in [0.1, 0.15) is 97.7 Å². The first-order chi connectivity index (χ1) is 30.8. The van der Waals surface area contributed by atoms with Crippen molar-refractivity contribution >= 4 is 18.4 Å². The van der Waals surface area contributed by atoms with Gasteiger partial charge in [0.1, 0.15) is 0 Å². The molecule has 7 aromatic carbocycles. The van der Waals surface area contributed by atoms with Gasteiger partial charge < -0.3 is 0 Å². The smallest absolute Gasteiger partial charge is 0.161 e. The molecule has 4 heteroatoms. The Hall–Kier alpha value is -6.96. The Labute approximate surface area is 372 Å². The number of rotatable bonds is 8. The molecule has 0 aliphatic heterocycles. The molecular formula is C59H52N4. The van der Waals surface area contributed by atoms with E-state index in [9.17, 15) is 5.26 Å². The molecule has 0 amide bonds. The fraction of sp³-hybridized carbons (Fsp3) is 0.220. The molecule has 0 N–H and O–H groups in total. The molecule has 4 aliphatic rings. The molecular weight excluding hydrogens is 765 g/mol. The van der Waals surface area contributed by atoms with Crippen molar-refractivity contribution in [2.45, 2.75) is 76.2 Å². The number of aliphatic imine (C=N–C) groups is 3. The molecule has 7 aromatic rings. The van der Waals surface area contributed by atoms with E-state index in [1.54, 1.807) is 0 Å². The van der Waals surface area contributed by atoms with Crippen LogP contribution >= 0.6 is 0 Å². The van der Waals surface area contributed by atoms with Gasteiger partial charge in [0.2, 0.25) is 0 Å². The Morgan fingerprint density at radius 1 is 0.603 bits per heavy atom. The maximum absolute atomic E-state index is 9.60. The quantitative estimate of drug-likeness (QED) is 0.111. The van der Waals surface area contributed by atoms with Crippen molar-refractivity contribution in [1.29, 1.82) is 5.26 Å². The van der Waals surface area contributed by atoms with E-state index < -0.39 is 0 Å². The molecule has 0 atom stereocenters. The van der Waals surface area contributed by atoms with Crippen molar-refractivity contribution in [3.63, 3.8) is 0 Å². The molecule has 2 bridgehead atoms. The highest BCUT2D eigenvalue weighted by molar-refractivity contribution is 6.13. The minimum atomic E-state index is -0.202. The fourth-order valence-corrected chi connectivity index (χ4v) is 10.7. The number of hydrogen-bond donors (Lipinski definition) is 0. The van der Waals surface area contributed by atoms with E-state index >= 15 is 0 Å². The van der Waals surface area contributed by atoms with Gasteiger partial charge in [-0.05, 0) is 140 Å². The summed E-state index contributed by atoms with van der Waals surface area (Å²) in [5.74, 6) is 2.06. The topological polar surface area (TPSA) is 60.9 Å². The molecule has 308 valence electrons. The van der Waals surface area contributed by atoms with Crippen molar-refractivity contribution in [2.24, 2.45) is 20.9 Å². The van der Waals surface area contributed by atoms with Gasteiger partial charge in [-0.2, -0.15) is 5.26 Å². The predicted octanol–water partition coefficient (Wildman–Crippen LogP) is 14.6. The van der Waals surface area contributed by atoms with E-state index in [1.165, 1.54) is 78.3 Å². The van der Waals surface area contributed by atoms with Crippen molar-refractivity contribution in [3.8, 4) is 50.6 Å². The molecule has 0 heterocycles. The van der Waals surface area contributed by atoms with Crippen LogP contribution in [-0.2, 0) is 17.4 Å². The minimum Gasteiger partial charge on any atom is -0.261 e. The summed E-state index contributed by atoms with van der Waals surface area (Å²) in [6.07, 6.45) is 9.36. The Bertz CT molecular complexity index is 2860.